The Morgan fingerprint density at radius 3 is 2.17 bits per heavy atom. The fraction of sp³-hybridized carbons (Fsp3) is 0.519. The highest BCUT2D eigenvalue weighted by Gasteiger charge is 2.45. The Kier molecular flexibility index (Phi) is 8.79. The predicted molar refractivity (Wildman–Crippen MR) is 136 cm³/mol. The summed E-state index contributed by atoms with van der Waals surface area (Å²) in [6.07, 6.45) is -6.40. The third-order valence-corrected chi connectivity index (χ3v) is 8.59. The molecule has 3 rings (SSSR count). The number of nitrogens with zero attached hydrogens (tertiary/aromatic N) is 1. The highest BCUT2D eigenvalue weighted by molar-refractivity contribution is 7.92. The second kappa shape index (κ2) is 11.1. The summed E-state index contributed by atoms with van der Waals surface area (Å²) >= 11 is 0. The number of carbonyl (C=O) groups is 1. The maximum absolute atomic E-state index is 15.7. The standard InChI is InChI=1S/C27H31F6NO5S/c1-16-6-8-18(9-7-16)34-14-17(10-11-26(4,29)30)23(28)40(36,37)22-13-21(19(12-20(22)34)27(31,32)33)39-15-25(2,3)24(35)38-5/h6-9,12-13,17,23H,10-11,14-15H2,1-5H3/t17-,23?/m1/s1. The lowest BCUT2D eigenvalue weighted by Gasteiger charge is -2.29. The number of carbonyl (C=O) groups excluding carboxylic acids is 1. The smallest absolute Gasteiger partial charge is 0.420 e. The van der Waals surface area contributed by atoms with Gasteiger partial charge in [-0.3, -0.25) is 4.79 Å². The van der Waals surface area contributed by atoms with Crippen molar-refractivity contribution in [1.82, 2.24) is 0 Å². The van der Waals surface area contributed by atoms with Crippen molar-refractivity contribution in [2.45, 2.75) is 63.0 Å². The number of hydrogen-bond donors (Lipinski definition) is 0. The summed E-state index contributed by atoms with van der Waals surface area (Å²) in [6.45, 7) is 4.01. The van der Waals surface area contributed by atoms with Crippen LogP contribution in [-0.4, -0.2) is 46.1 Å². The van der Waals surface area contributed by atoms with E-state index in [0.29, 0.717) is 19.1 Å². The molecule has 40 heavy (non-hydrogen) atoms. The van der Waals surface area contributed by atoms with E-state index in [9.17, 15) is 35.2 Å². The van der Waals surface area contributed by atoms with Gasteiger partial charge < -0.3 is 14.4 Å². The Morgan fingerprint density at radius 2 is 1.65 bits per heavy atom. The molecule has 0 amide bonds. The first-order valence-corrected chi connectivity index (χ1v) is 13.9. The number of halogens is 6. The summed E-state index contributed by atoms with van der Waals surface area (Å²) in [5.41, 5.74) is -4.86. The van der Waals surface area contributed by atoms with E-state index in [2.05, 4.69) is 4.74 Å². The van der Waals surface area contributed by atoms with Crippen molar-refractivity contribution in [3.63, 3.8) is 0 Å². The van der Waals surface area contributed by atoms with Crippen LogP contribution in [-0.2, 0) is 25.5 Å². The van der Waals surface area contributed by atoms with Crippen LogP contribution in [0.1, 0.15) is 44.7 Å². The Morgan fingerprint density at radius 1 is 1.05 bits per heavy atom. The summed E-state index contributed by atoms with van der Waals surface area (Å²) in [4.78, 5) is 12.4. The van der Waals surface area contributed by atoms with Crippen LogP contribution in [0.2, 0.25) is 0 Å². The van der Waals surface area contributed by atoms with Crippen LogP contribution >= 0.6 is 0 Å². The Hall–Kier alpha value is -2.96. The molecule has 2 aromatic rings. The lowest BCUT2D eigenvalue weighted by Crippen LogP contribution is -2.32. The summed E-state index contributed by atoms with van der Waals surface area (Å²) in [7, 11) is -3.89. The molecule has 0 aliphatic carbocycles. The van der Waals surface area contributed by atoms with Crippen LogP contribution < -0.4 is 9.64 Å². The number of rotatable bonds is 8. The van der Waals surface area contributed by atoms with E-state index < -0.39 is 92.6 Å². The first-order chi connectivity index (χ1) is 18.3. The minimum absolute atomic E-state index is 0.248. The highest BCUT2D eigenvalue weighted by Crippen LogP contribution is 2.47. The monoisotopic (exact) mass is 595 g/mol. The first kappa shape index (κ1) is 31.6. The van der Waals surface area contributed by atoms with Crippen LogP contribution in [0.4, 0.5) is 37.7 Å². The van der Waals surface area contributed by atoms with Gasteiger partial charge in [-0.15, -0.1) is 0 Å². The molecule has 1 aliphatic rings. The predicted octanol–water partition coefficient (Wildman–Crippen LogP) is 6.86. The lowest BCUT2D eigenvalue weighted by atomic mass is 9.95. The molecule has 0 bridgehead atoms. The molecule has 0 radical (unpaired) electrons. The molecule has 222 valence electrons. The van der Waals surface area contributed by atoms with Crippen LogP contribution in [0.3, 0.4) is 0 Å². The number of ether oxygens (including phenoxy) is 2. The second-order valence-corrected chi connectivity index (χ2v) is 12.7. The zero-order valence-corrected chi connectivity index (χ0v) is 23.4. The minimum Gasteiger partial charge on any atom is -0.492 e. The number of sulfone groups is 1. The molecule has 1 unspecified atom stereocenters. The number of hydrogen-bond acceptors (Lipinski definition) is 6. The largest absolute Gasteiger partial charge is 0.492 e. The number of aryl methyl sites for hydroxylation is 1. The van der Waals surface area contributed by atoms with Gasteiger partial charge in [-0.25, -0.2) is 21.6 Å². The fourth-order valence-corrected chi connectivity index (χ4v) is 6.05. The van der Waals surface area contributed by atoms with Gasteiger partial charge in [0.25, 0.3) is 0 Å². The van der Waals surface area contributed by atoms with Crippen molar-refractivity contribution in [1.29, 1.82) is 0 Å². The maximum atomic E-state index is 15.7. The van der Waals surface area contributed by atoms with Gasteiger partial charge in [-0.1, -0.05) is 17.7 Å². The molecule has 0 saturated heterocycles. The van der Waals surface area contributed by atoms with Crippen molar-refractivity contribution >= 4 is 27.2 Å². The van der Waals surface area contributed by atoms with E-state index in [-0.39, 0.29) is 5.69 Å². The minimum atomic E-state index is -5.03. The van der Waals surface area contributed by atoms with Crippen molar-refractivity contribution in [3.8, 4) is 5.75 Å². The third kappa shape index (κ3) is 6.84. The van der Waals surface area contributed by atoms with E-state index in [1.165, 1.54) is 30.9 Å². The molecule has 0 aromatic heterocycles. The van der Waals surface area contributed by atoms with E-state index in [1.54, 1.807) is 19.1 Å². The molecule has 1 heterocycles. The molecule has 1 aliphatic heterocycles. The average Bonchev–Trinajstić information content (AvgIpc) is 2.93. The number of fused-ring (bicyclic) bond motifs is 1. The SMILES string of the molecule is COC(=O)C(C)(C)COc1cc2c(cc1C(F)(F)F)N(c1ccc(C)cc1)C[C@@H](CCC(C)(F)F)C(F)S2(=O)=O. The van der Waals surface area contributed by atoms with Crippen molar-refractivity contribution in [2.75, 3.05) is 25.2 Å². The van der Waals surface area contributed by atoms with Gasteiger partial charge in [0.15, 0.2) is 0 Å². The molecular formula is C27H31F6NO5S. The van der Waals surface area contributed by atoms with Crippen LogP contribution in [0.5, 0.6) is 5.75 Å². The molecular weight excluding hydrogens is 564 g/mol. The van der Waals surface area contributed by atoms with E-state index in [1.807, 2.05) is 0 Å². The number of alkyl halides is 6. The number of anilines is 2. The summed E-state index contributed by atoms with van der Waals surface area (Å²) in [5.74, 6) is -6.41. The van der Waals surface area contributed by atoms with Crippen LogP contribution in [0.25, 0.3) is 0 Å². The molecule has 2 aromatic carbocycles. The molecule has 0 fully saturated rings. The van der Waals surface area contributed by atoms with Crippen LogP contribution in [0, 0.1) is 18.3 Å². The Labute approximate surface area is 229 Å². The summed E-state index contributed by atoms with van der Waals surface area (Å²) in [6, 6.07) is 7.45. The van der Waals surface area contributed by atoms with Crippen molar-refractivity contribution < 1.29 is 49.0 Å². The molecule has 0 saturated carbocycles. The zero-order chi connectivity index (χ0) is 30.3. The molecule has 2 atom stereocenters. The van der Waals surface area contributed by atoms with Gasteiger partial charge >= 0.3 is 12.1 Å². The van der Waals surface area contributed by atoms with Gasteiger partial charge in [-0.05, 0) is 52.3 Å². The number of benzene rings is 2. The highest BCUT2D eigenvalue weighted by atomic mass is 32.2. The van der Waals surface area contributed by atoms with E-state index in [4.69, 9.17) is 4.74 Å². The average molecular weight is 596 g/mol. The fourth-order valence-electron chi connectivity index (χ4n) is 4.34. The number of esters is 1. The van der Waals surface area contributed by atoms with Gasteiger partial charge in [0.1, 0.15) is 12.4 Å². The van der Waals surface area contributed by atoms with Gasteiger partial charge in [0, 0.05) is 30.6 Å². The topological polar surface area (TPSA) is 72.9 Å². The summed E-state index contributed by atoms with van der Waals surface area (Å²) in [5, 5.41) is 0. The molecule has 6 nitrogen and oxygen atoms in total. The normalized spacial score (nSPS) is 19.5. The molecule has 0 spiro atoms. The first-order valence-electron chi connectivity index (χ1n) is 12.3. The van der Waals surface area contributed by atoms with Gasteiger partial charge in [0.2, 0.25) is 21.3 Å². The van der Waals surface area contributed by atoms with E-state index >= 15 is 4.39 Å². The van der Waals surface area contributed by atoms with Crippen LogP contribution in [0.15, 0.2) is 41.3 Å². The van der Waals surface area contributed by atoms with Crippen molar-refractivity contribution in [2.24, 2.45) is 11.3 Å². The quantitative estimate of drug-likeness (QED) is 0.245. The maximum Gasteiger partial charge on any atom is 0.420 e. The summed E-state index contributed by atoms with van der Waals surface area (Å²) < 4.78 is 123. The van der Waals surface area contributed by atoms with E-state index in [0.717, 1.165) is 12.7 Å². The molecule has 13 heteroatoms. The second-order valence-electron chi connectivity index (χ2n) is 10.7. The molecule has 0 N–H and O–H groups in total. The van der Waals surface area contributed by atoms with Gasteiger partial charge in [-0.2, -0.15) is 13.2 Å². The number of methoxy groups -OCH3 is 1. The Balaban J connectivity index is 2.25. The lowest BCUT2D eigenvalue weighted by molar-refractivity contribution is -0.152. The van der Waals surface area contributed by atoms with Crippen molar-refractivity contribution in [3.05, 3.63) is 47.5 Å². The van der Waals surface area contributed by atoms with Gasteiger partial charge in [0.05, 0.1) is 28.7 Å². The Bertz CT molecular complexity index is 1340. The zero-order valence-electron chi connectivity index (χ0n) is 22.6. The third-order valence-electron chi connectivity index (χ3n) is 6.67.